The molecule has 0 saturated heterocycles. The van der Waals surface area contributed by atoms with Crippen molar-refractivity contribution < 1.29 is 38.0 Å². The SMILES string of the molecule is CCOC(=O)C(Cc1ccc(OC/C=C(/C)c2ccc(-c3ccc(/C(C)=C\COc4ccc(CC(OCC)C(=O)OCC)cc4)cc3)cc2)cc1)OCC. The van der Waals surface area contributed by atoms with Gasteiger partial charge in [0.05, 0.1) is 13.2 Å². The minimum Gasteiger partial charge on any atom is -0.490 e. The van der Waals surface area contributed by atoms with Gasteiger partial charge in [-0.3, -0.25) is 0 Å². The van der Waals surface area contributed by atoms with Gasteiger partial charge in [-0.25, -0.2) is 9.59 Å². The summed E-state index contributed by atoms with van der Waals surface area (Å²) in [5.41, 5.74) is 8.78. The Bertz CT molecular complexity index is 1650. The van der Waals surface area contributed by atoms with Crippen LogP contribution in [-0.2, 0) is 41.4 Å². The Morgan fingerprint density at radius 3 is 1.17 bits per heavy atom. The van der Waals surface area contributed by atoms with E-state index in [1.807, 2.05) is 62.4 Å². The zero-order valence-corrected chi connectivity index (χ0v) is 32.5. The lowest BCUT2D eigenvalue weighted by Crippen LogP contribution is -2.28. The summed E-state index contributed by atoms with van der Waals surface area (Å²) in [5, 5.41) is 0. The molecule has 0 aliphatic carbocycles. The van der Waals surface area contributed by atoms with Gasteiger partial charge in [-0.15, -0.1) is 0 Å². The third-order valence-corrected chi connectivity index (χ3v) is 8.82. The van der Waals surface area contributed by atoms with Gasteiger partial charge in [-0.05, 0) is 122 Å². The van der Waals surface area contributed by atoms with E-state index in [1.54, 1.807) is 13.8 Å². The molecule has 0 bridgehead atoms. The normalized spacial score (nSPS) is 12.9. The first-order valence-corrected chi connectivity index (χ1v) is 18.8. The number of allylic oxidation sites excluding steroid dienone is 2. The Morgan fingerprint density at radius 1 is 0.500 bits per heavy atom. The van der Waals surface area contributed by atoms with Crippen LogP contribution in [0.2, 0.25) is 0 Å². The van der Waals surface area contributed by atoms with E-state index in [-0.39, 0.29) is 11.9 Å². The number of benzene rings is 4. The van der Waals surface area contributed by atoms with Crippen molar-refractivity contribution in [2.45, 2.75) is 66.6 Å². The fourth-order valence-corrected chi connectivity index (χ4v) is 5.78. The van der Waals surface area contributed by atoms with Crippen LogP contribution in [0.15, 0.2) is 109 Å². The Kier molecular flexibility index (Phi) is 17.0. The highest BCUT2D eigenvalue weighted by molar-refractivity contribution is 5.76. The minimum atomic E-state index is -0.610. The molecule has 286 valence electrons. The predicted molar refractivity (Wildman–Crippen MR) is 215 cm³/mol. The topological polar surface area (TPSA) is 89.5 Å². The average Bonchev–Trinajstić information content (AvgIpc) is 3.19. The van der Waals surface area contributed by atoms with Gasteiger partial charge in [0.2, 0.25) is 0 Å². The Balaban J connectivity index is 1.24. The molecule has 0 heterocycles. The van der Waals surface area contributed by atoms with Gasteiger partial charge < -0.3 is 28.4 Å². The molecule has 0 aliphatic heterocycles. The Morgan fingerprint density at radius 2 is 0.852 bits per heavy atom. The Labute approximate surface area is 320 Å². The van der Waals surface area contributed by atoms with Crippen LogP contribution in [0.25, 0.3) is 22.3 Å². The summed E-state index contributed by atoms with van der Waals surface area (Å²) >= 11 is 0. The fraction of sp³-hybridized carbons (Fsp3) is 0.348. The lowest BCUT2D eigenvalue weighted by Gasteiger charge is -2.15. The van der Waals surface area contributed by atoms with E-state index in [9.17, 15) is 9.59 Å². The van der Waals surface area contributed by atoms with Gasteiger partial charge in [-0.2, -0.15) is 0 Å². The number of hydrogen-bond acceptors (Lipinski definition) is 8. The summed E-state index contributed by atoms with van der Waals surface area (Å²) < 4.78 is 33.4. The second kappa shape index (κ2) is 22.1. The standard InChI is InChI=1S/C46H54O8/c1-7-49-43(45(47)51-9-3)31-35-11-23-41(24-12-35)53-29-27-33(5)37-15-19-39(20-16-37)40-21-17-38(18-22-40)34(6)28-30-54-42-25-13-36(14-26-42)32-44(50-8-2)46(48)52-10-4/h11-28,43-44H,7-10,29-32H2,1-6H3/b33-27-,34-28-. The van der Waals surface area contributed by atoms with Crippen molar-refractivity contribution in [3.63, 3.8) is 0 Å². The molecule has 8 heteroatoms. The summed E-state index contributed by atoms with van der Waals surface area (Å²) in [7, 11) is 0. The van der Waals surface area contributed by atoms with E-state index in [0.717, 1.165) is 56.0 Å². The summed E-state index contributed by atoms with van der Waals surface area (Å²) in [6, 6.07) is 32.6. The van der Waals surface area contributed by atoms with E-state index < -0.39 is 12.2 Å². The summed E-state index contributed by atoms with van der Waals surface area (Å²) in [6.45, 7) is 13.9. The van der Waals surface area contributed by atoms with Gasteiger partial charge in [0.1, 0.15) is 24.7 Å². The Hall–Kier alpha value is -5.18. The number of esters is 2. The van der Waals surface area contributed by atoms with Gasteiger partial charge in [-0.1, -0.05) is 72.8 Å². The van der Waals surface area contributed by atoms with Crippen molar-refractivity contribution in [3.05, 3.63) is 131 Å². The first kappa shape index (κ1) is 41.6. The maximum atomic E-state index is 12.2. The predicted octanol–water partition coefficient (Wildman–Crippen LogP) is 9.34. The highest BCUT2D eigenvalue weighted by Crippen LogP contribution is 2.25. The largest absolute Gasteiger partial charge is 0.490 e. The molecule has 2 atom stereocenters. The van der Waals surface area contributed by atoms with E-state index in [1.165, 1.54) is 0 Å². The first-order valence-electron chi connectivity index (χ1n) is 18.8. The molecule has 54 heavy (non-hydrogen) atoms. The van der Waals surface area contributed by atoms with E-state index in [2.05, 4.69) is 74.5 Å². The zero-order chi connectivity index (χ0) is 38.7. The van der Waals surface area contributed by atoms with Crippen LogP contribution < -0.4 is 9.47 Å². The molecule has 0 radical (unpaired) electrons. The summed E-state index contributed by atoms with van der Waals surface area (Å²) in [5.74, 6) is 0.844. The molecule has 0 aromatic heterocycles. The van der Waals surface area contributed by atoms with E-state index >= 15 is 0 Å². The van der Waals surface area contributed by atoms with Crippen molar-refractivity contribution in [3.8, 4) is 22.6 Å². The van der Waals surface area contributed by atoms with Crippen LogP contribution in [0.5, 0.6) is 11.5 Å². The summed E-state index contributed by atoms with van der Waals surface area (Å²) in [4.78, 5) is 24.4. The molecule has 0 saturated carbocycles. The maximum absolute atomic E-state index is 12.2. The lowest BCUT2D eigenvalue weighted by atomic mass is 9.98. The quantitative estimate of drug-likeness (QED) is 0.0783. The molecule has 4 aromatic carbocycles. The van der Waals surface area contributed by atoms with Crippen molar-refractivity contribution in [1.29, 1.82) is 0 Å². The van der Waals surface area contributed by atoms with Crippen LogP contribution in [0.3, 0.4) is 0 Å². The number of rotatable bonds is 21. The molecular formula is C46H54O8. The number of ether oxygens (including phenoxy) is 6. The molecular weight excluding hydrogens is 680 g/mol. The molecule has 0 aliphatic rings. The maximum Gasteiger partial charge on any atom is 0.335 e. The molecule has 2 unspecified atom stereocenters. The van der Waals surface area contributed by atoms with Gasteiger partial charge in [0.25, 0.3) is 0 Å². The smallest absolute Gasteiger partial charge is 0.335 e. The van der Waals surface area contributed by atoms with Crippen molar-refractivity contribution in [1.82, 2.24) is 0 Å². The monoisotopic (exact) mass is 734 g/mol. The highest BCUT2D eigenvalue weighted by Gasteiger charge is 2.21. The molecule has 0 amide bonds. The number of hydrogen-bond donors (Lipinski definition) is 0. The van der Waals surface area contributed by atoms with Crippen molar-refractivity contribution in [2.75, 3.05) is 39.6 Å². The molecule has 0 spiro atoms. The molecule has 4 aromatic rings. The summed E-state index contributed by atoms with van der Waals surface area (Å²) in [6.07, 6.45) is 3.83. The highest BCUT2D eigenvalue weighted by atomic mass is 16.6. The minimum absolute atomic E-state index is 0.329. The second-order valence-corrected chi connectivity index (χ2v) is 12.6. The molecule has 0 N–H and O–H groups in total. The van der Waals surface area contributed by atoms with Gasteiger partial charge in [0.15, 0.2) is 12.2 Å². The average molecular weight is 735 g/mol. The third-order valence-electron chi connectivity index (χ3n) is 8.82. The van der Waals surface area contributed by atoms with Gasteiger partial charge in [0, 0.05) is 26.1 Å². The second-order valence-electron chi connectivity index (χ2n) is 12.6. The van der Waals surface area contributed by atoms with Crippen molar-refractivity contribution >= 4 is 23.1 Å². The zero-order valence-electron chi connectivity index (χ0n) is 32.5. The van der Waals surface area contributed by atoms with Crippen molar-refractivity contribution in [2.24, 2.45) is 0 Å². The fourth-order valence-electron chi connectivity index (χ4n) is 5.78. The number of carbonyl (C=O) groups excluding carboxylic acids is 2. The van der Waals surface area contributed by atoms with Crippen LogP contribution in [-0.4, -0.2) is 63.8 Å². The van der Waals surface area contributed by atoms with Gasteiger partial charge >= 0.3 is 11.9 Å². The van der Waals surface area contributed by atoms with E-state index in [4.69, 9.17) is 28.4 Å². The van der Waals surface area contributed by atoms with E-state index in [0.29, 0.717) is 52.5 Å². The van der Waals surface area contributed by atoms with Crippen LogP contribution in [0.4, 0.5) is 0 Å². The van der Waals surface area contributed by atoms with Crippen LogP contribution >= 0.6 is 0 Å². The first-order chi connectivity index (χ1) is 26.2. The van der Waals surface area contributed by atoms with Crippen LogP contribution in [0.1, 0.15) is 63.8 Å². The van der Waals surface area contributed by atoms with Crippen LogP contribution in [0, 0.1) is 0 Å². The number of carbonyl (C=O) groups is 2. The molecule has 4 rings (SSSR count). The lowest BCUT2D eigenvalue weighted by molar-refractivity contribution is -0.157. The third kappa shape index (κ3) is 13.0. The molecule has 0 fully saturated rings. The molecule has 8 nitrogen and oxygen atoms in total.